The van der Waals surface area contributed by atoms with Crippen LogP contribution in [0.3, 0.4) is 0 Å². The van der Waals surface area contributed by atoms with Crippen LogP contribution in [0.4, 0.5) is 14.9 Å². The minimum atomic E-state index is -0.733. The predicted octanol–water partition coefficient (Wildman–Crippen LogP) is 3.18. The number of piperidine rings is 1. The van der Waals surface area contributed by atoms with Gasteiger partial charge in [0.05, 0.1) is 0 Å². The summed E-state index contributed by atoms with van der Waals surface area (Å²) in [6.45, 7) is 0. The van der Waals surface area contributed by atoms with Crippen LogP contribution >= 0.6 is 0 Å². The molecule has 3 rings (SSSR count). The van der Waals surface area contributed by atoms with Crippen molar-refractivity contribution in [3.8, 4) is 0 Å². The lowest BCUT2D eigenvalue weighted by Crippen LogP contribution is -2.48. The van der Waals surface area contributed by atoms with Crippen LogP contribution in [0, 0.1) is 0 Å². The van der Waals surface area contributed by atoms with Crippen molar-refractivity contribution in [1.82, 2.24) is 4.90 Å². The summed E-state index contributed by atoms with van der Waals surface area (Å²) < 4.78 is 13.4. The number of benzene rings is 1. The number of amides is 2. The Hall–Kier alpha value is -1.58. The van der Waals surface area contributed by atoms with E-state index in [4.69, 9.17) is 0 Å². The zero-order valence-corrected chi connectivity index (χ0v) is 10.2. The first-order valence-corrected chi connectivity index (χ1v) is 6.52. The molecule has 0 aromatic heterocycles. The number of nitrogens with one attached hydrogen (secondary N) is 1. The number of halogens is 1. The fraction of sp³-hybridized carbons (Fsp3) is 0.500. The van der Waals surface area contributed by atoms with Crippen molar-refractivity contribution < 1.29 is 9.18 Å². The zero-order chi connectivity index (χ0) is 12.5. The molecule has 0 aliphatic carbocycles. The third kappa shape index (κ3) is 2.07. The highest BCUT2D eigenvalue weighted by atomic mass is 19.1. The molecule has 2 aliphatic heterocycles. The molecule has 1 N–H and O–H groups in total. The first-order chi connectivity index (χ1) is 8.74. The van der Waals surface area contributed by atoms with E-state index in [0.717, 1.165) is 18.5 Å². The smallest absolute Gasteiger partial charge is 0.318 e. The fourth-order valence-corrected chi connectivity index (χ4v) is 3.15. The molecule has 2 bridgehead atoms. The molecule has 2 fully saturated rings. The zero-order valence-electron chi connectivity index (χ0n) is 10.2. The van der Waals surface area contributed by atoms with Gasteiger partial charge in [-0.15, -0.1) is 0 Å². The molecule has 0 spiro atoms. The largest absolute Gasteiger partial charge is 0.322 e. The van der Waals surface area contributed by atoms with Gasteiger partial charge in [-0.05, 0) is 37.8 Å². The van der Waals surface area contributed by atoms with E-state index < -0.39 is 6.17 Å². The SMILES string of the molecule is O=C(Nc1ccccc1)N1C2CCC1CC(F)C2. The van der Waals surface area contributed by atoms with Crippen molar-refractivity contribution >= 4 is 11.7 Å². The number of hydrogen-bond acceptors (Lipinski definition) is 1. The average Bonchev–Trinajstić information content (AvgIpc) is 2.63. The second kappa shape index (κ2) is 4.59. The van der Waals surface area contributed by atoms with Gasteiger partial charge in [0.15, 0.2) is 0 Å². The highest BCUT2D eigenvalue weighted by Gasteiger charge is 2.43. The highest BCUT2D eigenvalue weighted by molar-refractivity contribution is 5.90. The minimum absolute atomic E-state index is 0.0828. The quantitative estimate of drug-likeness (QED) is 0.813. The van der Waals surface area contributed by atoms with E-state index in [2.05, 4.69) is 5.32 Å². The van der Waals surface area contributed by atoms with Crippen molar-refractivity contribution in [1.29, 1.82) is 0 Å². The molecule has 18 heavy (non-hydrogen) atoms. The number of rotatable bonds is 1. The van der Waals surface area contributed by atoms with Crippen molar-refractivity contribution in [2.24, 2.45) is 0 Å². The lowest BCUT2D eigenvalue weighted by molar-refractivity contribution is 0.110. The summed E-state index contributed by atoms with van der Waals surface area (Å²) in [5.74, 6) is 0. The van der Waals surface area contributed by atoms with Crippen molar-refractivity contribution in [2.45, 2.75) is 43.9 Å². The number of carbonyl (C=O) groups excluding carboxylic acids is 1. The Morgan fingerprint density at radius 1 is 1.17 bits per heavy atom. The summed E-state index contributed by atoms with van der Waals surface area (Å²) in [6, 6.07) is 9.50. The minimum Gasteiger partial charge on any atom is -0.318 e. The molecule has 2 amide bonds. The Morgan fingerprint density at radius 2 is 1.78 bits per heavy atom. The molecule has 0 radical (unpaired) electrons. The van der Waals surface area contributed by atoms with Gasteiger partial charge in [-0.2, -0.15) is 0 Å². The predicted molar refractivity (Wildman–Crippen MR) is 68.2 cm³/mol. The molecule has 2 aliphatic rings. The van der Waals surface area contributed by atoms with Gasteiger partial charge in [-0.1, -0.05) is 18.2 Å². The van der Waals surface area contributed by atoms with Crippen LogP contribution in [0.15, 0.2) is 30.3 Å². The van der Waals surface area contributed by atoms with E-state index >= 15 is 0 Å². The molecule has 1 aromatic rings. The number of nitrogens with zero attached hydrogens (tertiary/aromatic N) is 1. The van der Waals surface area contributed by atoms with Gasteiger partial charge in [-0.3, -0.25) is 0 Å². The number of carbonyl (C=O) groups is 1. The number of urea groups is 1. The van der Waals surface area contributed by atoms with Crippen molar-refractivity contribution in [3.05, 3.63) is 30.3 Å². The average molecular weight is 248 g/mol. The molecular weight excluding hydrogens is 231 g/mol. The second-order valence-corrected chi connectivity index (χ2v) is 5.16. The summed E-state index contributed by atoms with van der Waals surface area (Å²) in [6.07, 6.45) is 2.14. The van der Waals surface area contributed by atoms with Gasteiger partial charge in [0.1, 0.15) is 6.17 Å². The van der Waals surface area contributed by atoms with Gasteiger partial charge < -0.3 is 10.2 Å². The lowest BCUT2D eigenvalue weighted by atomic mass is 10.0. The van der Waals surface area contributed by atoms with Crippen molar-refractivity contribution in [3.63, 3.8) is 0 Å². The van der Waals surface area contributed by atoms with E-state index in [0.29, 0.717) is 12.8 Å². The summed E-state index contributed by atoms with van der Waals surface area (Å²) in [7, 11) is 0. The van der Waals surface area contributed by atoms with Crippen LogP contribution in [-0.2, 0) is 0 Å². The van der Waals surface area contributed by atoms with Crippen LogP contribution in [0.1, 0.15) is 25.7 Å². The summed E-state index contributed by atoms with van der Waals surface area (Å²) >= 11 is 0. The maximum Gasteiger partial charge on any atom is 0.322 e. The molecule has 2 saturated heterocycles. The van der Waals surface area contributed by atoms with Gasteiger partial charge in [-0.25, -0.2) is 9.18 Å². The molecule has 2 heterocycles. The van der Waals surface area contributed by atoms with E-state index in [1.165, 1.54) is 0 Å². The Bertz CT molecular complexity index is 423. The number of hydrogen-bond donors (Lipinski definition) is 1. The number of para-hydroxylation sites is 1. The molecule has 4 heteroatoms. The first kappa shape index (κ1) is 11.5. The van der Waals surface area contributed by atoms with Gasteiger partial charge in [0, 0.05) is 17.8 Å². The number of alkyl halides is 1. The second-order valence-electron chi connectivity index (χ2n) is 5.16. The third-order valence-electron chi connectivity index (χ3n) is 3.94. The van der Waals surface area contributed by atoms with E-state index in [9.17, 15) is 9.18 Å². The number of anilines is 1. The summed E-state index contributed by atoms with van der Waals surface area (Å²) in [4.78, 5) is 14.1. The Labute approximate surface area is 106 Å². The normalized spacial score (nSPS) is 30.3. The maximum absolute atomic E-state index is 13.4. The Kier molecular flexibility index (Phi) is 2.94. The molecule has 2 unspecified atom stereocenters. The molecular formula is C14H17FN2O. The van der Waals surface area contributed by atoms with Crippen LogP contribution < -0.4 is 5.32 Å². The van der Waals surface area contributed by atoms with Gasteiger partial charge >= 0.3 is 6.03 Å². The molecule has 0 saturated carbocycles. The van der Waals surface area contributed by atoms with E-state index in [1.54, 1.807) is 0 Å². The van der Waals surface area contributed by atoms with Crippen LogP contribution in [-0.4, -0.2) is 29.2 Å². The van der Waals surface area contributed by atoms with E-state index in [1.807, 2.05) is 35.2 Å². The van der Waals surface area contributed by atoms with Gasteiger partial charge in [0.25, 0.3) is 0 Å². The maximum atomic E-state index is 13.4. The molecule has 1 aromatic carbocycles. The molecule has 96 valence electrons. The lowest BCUT2D eigenvalue weighted by Gasteiger charge is -2.36. The van der Waals surface area contributed by atoms with Crippen LogP contribution in [0.25, 0.3) is 0 Å². The standard InChI is InChI=1S/C14H17FN2O/c15-10-8-12-6-7-13(9-10)17(12)14(18)16-11-4-2-1-3-5-11/h1-5,10,12-13H,6-9H2,(H,16,18). The van der Waals surface area contributed by atoms with Crippen LogP contribution in [0.2, 0.25) is 0 Å². The van der Waals surface area contributed by atoms with Crippen LogP contribution in [0.5, 0.6) is 0 Å². The molecule has 2 atom stereocenters. The summed E-state index contributed by atoms with van der Waals surface area (Å²) in [5, 5.41) is 2.89. The highest BCUT2D eigenvalue weighted by Crippen LogP contribution is 2.37. The van der Waals surface area contributed by atoms with Gasteiger partial charge in [0.2, 0.25) is 0 Å². The first-order valence-electron chi connectivity index (χ1n) is 6.52. The summed E-state index contributed by atoms with van der Waals surface area (Å²) in [5.41, 5.74) is 0.796. The fourth-order valence-electron chi connectivity index (χ4n) is 3.15. The Morgan fingerprint density at radius 3 is 2.39 bits per heavy atom. The topological polar surface area (TPSA) is 32.3 Å². The van der Waals surface area contributed by atoms with Crippen molar-refractivity contribution in [2.75, 3.05) is 5.32 Å². The molecule has 3 nitrogen and oxygen atoms in total. The van der Waals surface area contributed by atoms with E-state index in [-0.39, 0.29) is 18.1 Å². The monoisotopic (exact) mass is 248 g/mol. The third-order valence-corrected chi connectivity index (χ3v) is 3.94. The number of fused-ring (bicyclic) bond motifs is 2. The Balaban J connectivity index is 1.70.